The van der Waals surface area contributed by atoms with E-state index in [0.29, 0.717) is 6.04 Å². The van der Waals surface area contributed by atoms with Crippen LogP contribution in [0.25, 0.3) is 0 Å². The molecule has 1 aromatic heterocycles. The topological polar surface area (TPSA) is 29.9 Å². The van der Waals surface area contributed by atoms with Gasteiger partial charge in [-0.2, -0.15) is 0 Å². The van der Waals surface area contributed by atoms with Gasteiger partial charge in [0.2, 0.25) is 0 Å². The third-order valence-electron chi connectivity index (χ3n) is 3.81. The number of aryl methyl sites for hydroxylation is 2. The van der Waals surface area contributed by atoms with Gasteiger partial charge in [0, 0.05) is 31.4 Å². The molecule has 0 bridgehead atoms. The second kappa shape index (κ2) is 8.63. The molecule has 0 radical (unpaired) electrons. The number of likely N-dealkylation sites (N-methyl/N-ethyl adjacent to an activating group) is 1. The van der Waals surface area contributed by atoms with Crippen LogP contribution in [0.2, 0.25) is 0 Å². The molecule has 1 atom stereocenters. The molecule has 1 N–H and O–H groups in total. The van der Waals surface area contributed by atoms with Crippen molar-refractivity contribution in [3.05, 3.63) is 54.1 Å². The van der Waals surface area contributed by atoms with Crippen LogP contribution in [0.1, 0.15) is 38.1 Å². The highest BCUT2D eigenvalue weighted by Crippen LogP contribution is 2.10. The van der Waals surface area contributed by atoms with Crippen LogP contribution in [-0.4, -0.2) is 22.1 Å². The average Bonchev–Trinajstić information content (AvgIpc) is 2.94. The third kappa shape index (κ3) is 5.01. The van der Waals surface area contributed by atoms with Gasteiger partial charge < -0.3 is 9.88 Å². The minimum absolute atomic E-state index is 0.494. The van der Waals surface area contributed by atoms with Crippen molar-refractivity contribution in [2.24, 2.45) is 0 Å². The van der Waals surface area contributed by atoms with E-state index in [0.717, 1.165) is 38.8 Å². The predicted octanol–water partition coefficient (Wildman–Crippen LogP) is 3.45. The van der Waals surface area contributed by atoms with Crippen LogP contribution in [0.3, 0.4) is 0 Å². The SMILES string of the molecule is CCCn1ccnc1CC(CCc1ccccc1)NCC. The van der Waals surface area contributed by atoms with E-state index in [1.165, 1.54) is 11.4 Å². The maximum atomic E-state index is 4.53. The van der Waals surface area contributed by atoms with E-state index >= 15 is 0 Å². The number of hydrogen-bond acceptors (Lipinski definition) is 2. The first-order valence-corrected chi connectivity index (χ1v) is 8.10. The van der Waals surface area contributed by atoms with Gasteiger partial charge in [0.1, 0.15) is 5.82 Å². The Hall–Kier alpha value is -1.61. The van der Waals surface area contributed by atoms with Crippen LogP contribution in [0.15, 0.2) is 42.7 Å². The smallest absolute Gasteiger partial charge is 0.110 e. The highest BCUT2D eigenvalue weighted by atomic mass is 15.1. The number of rotatable bonds is 9. The molecule has 1 heterocycles. The molecule has 0 saturated carbocycles. The van der Waals surface area contributed by atoms with Crippen molar-refractivity contribution in [2.45, 2.75) is 52.1 Å². The fourth-order valence-electron chi connectivity index (χ4n) is 2.75. The zero-order valence-corrected chi connectivity index (χ0v) is 13.3. The molecule has 3 heteroatoms. The molecular weight excluding hydrogens is 258 g/mol. The second-order valence-electron chi connectivity index (χ2n) is 5.52. The lowest BCUT2D eigenvalue weighted by Gasteiger charge is -2.18. The summed E-state index contributed by atoms with van der Waals surface area (Å²) in [5.74, 6) is 1.20. The molecule has 0 saturated heterocycles. The molecule has 0 spiro atoms. The van der Waals surface area contributed by atoms with E-state index < -0.39 is 0 Å². The zero-order chi connectivity index (χ0) is 14.9. The van der Waals surface area contributed by atoms with E-state index in [1.807, 2.05) is 6.20 Å². The minimum atomic E-state index is 0.494. The van der Waals surface area contributed by atoms with Gasteiger partial charge in [-0.05, 0) is 31.4 Å². The summed E-state index contributed by atoms with van der Waals surface area (Å²) < 4.78 is 2.28. The van der Waals surface area contributed by atoms with Crippen molar-refractivity contribution in [3.8, 4) is 0 Å². The Kier molecular flexibility index (Phi) is 6.48. The normalized spacial score (nSPS) is 12.5. The number of imidazole rings is 1. The van der Waals surface area contributed by atoms with Gasteiger partial charge in [0.25, 0.3) is 0 Å². The number of nitrogens with zero attached hydrogens (tertiary/aromatic N) is 2. The minimum Gasteiger partial charge on any atom is -0.335 e. The molecule has 2 rings (SSSR count). The zero-order valence-electron chi connectivity index (χ0n) is 13.3. The molecule has 2 aromatic rings. The third-order valence-corrected chi connectivity index (χ3v) is 3.81. The maximum Gasteiger partial charge on any atom is 0.110 e. The molecular formula is C18H27N3. The highest BCUT2D eigenvalue weighted by Gasteiger charge is 2.12. The Morgan fingerprint density at radius 1 is 1.19 bits per heavy atom. The lowest BCUT2D eigenvalue weighted by molar-refractivity contribution is 0.470. The number of nitrogens with one attached hydrogen (secondary N) is 1. The van der Waals surface area contributed by atoms with Crippen LogP contribution < -0.4 is 5.32 Å². The first kappa shape index (κ1) is 15.8. The summed E-state index contributed by atoms with van der Waals surface area (Å²) in [5.41, 5.74) is 1.41. The molecule has 114 valence electrons. The fraction of sp³-hybridized carbons (Fsp3) is 0.500. The number of benzene rings is 1. The molecule has 0 aliphatic carbocycles. The van der Waals surface area contributed by atoms with E-state index in [2.05, 4.69) is 65.2 Å². The van der Waals surface area contributed by atoms with Crippen molar-refractivity contribution in [2.75, 3.05) is 6.54 Å². The molecule has 0 amide bonds. The van der Waals surface area contributed by atoms with E-state index in [9.17, 15) is 0 Å². The molecule has 3 nitrogen and oxygen atoms in total. The lowest BCUT2D eigenvalue weighted by atomic mass is 10.0. The van der Waals surface area contributed by atoms with Gasteiger partial charge in [-0.1, -0.05) is 44.2 Å². The van der Waals surface area contributed by atoms with Gasteiger partial charge in [0.15, 0.2) is 0 Å². The number of hydrogen-bond donors (Lipinski definition) is 1. The molecule has 21 heavy (non-hydrogen) atoms. The van der Waals surface area contributed by atoms with Crippen LogP contribution in [-0.2, 0) is 19.4 Å². The van der Waals surface area contributed by atoms with Crippen LogP contribution in [0, 0.1) is 0 Å². The summed E-state index contributed by atoms with van der Waals surface area (Å²) in [4.78, 5) is 4.53. The molecule has 1 unspecified atom stereocenters. The fourth-order valence-corrected chi connectivity index (χ4v) is 2.75. The summed E-state index contributed by atoms with van der Waals surface area (Å²) >= 11 is 0. The van der Waals surface area contributed by atoms with Crippen molar-refractivity contribution in [1.82, 2.24) is 14.9 Å². The van der Waals surface area contributed by atoms with E-state index in [4.69, 9.17) is 0 Å². The van der Waals surface area contributed by atoms with Gasteiger partial charge in [-0.15, -0.1) is 0 Å². The van der Waals surface area contributed by atoms with Gasteiger partial charge in [0.05, 0.1) is 0 Å². The molecule has 0 aliphatic heterocycles. The first-order valence-electron chi connectivity index (χ1n) is 8.10. The lowest BCUT2D eigenvalue weighted by Crippen LogP contribution is -2.32. The van der Waals surface area contributed by atoms with Crippen LogP contribution in [0.4, 0.5) is 0 Å². The van der Waals surface area contributed by atoms with E-state index in [1.54, 1.807) is 0 Å². The second-order valence-corrected chi connectivity index (χ2v) is 5.52. The summed E-state index contributed by atoms with van der Waals surface area (Å²) in [6.45, 7) is 6.45. The predicted molar refractivity (Wildman–Crippen MR) is 88.4 cm³/mol. The van der Waals surface area contributed by atoms with Gasteiger partial charge in [-0.3, -0.25) is 0 Å². The van der Waals surface area contributed by atoms with Gasteiger partial charge in [-0.25, -0.2) is 4.98 Å². The summed E-state index contributed by atoms with van der Waals surface area (Å²) in [6, 6.07) is 11.2. The Balaban J connectivity index is 1.93. The van der Waals surface area contributed by atoms with Gasteiger partial charge >= 0.3 is 0 Å². The van der Waals surface area contributed by atoms with Crippen molar-refractivity contribution >= 4 is 0 Å². The summed E-state index contributed by atoms with van der Waals surface area (Å²) in [7, 11) is 0. The van der Waals surface area contributed by atoms with Crippen LogP contribution >= 0.6 is 0 Å². The van der Waals surface area contributed by atoms with Crippen molar-refractivity contribution in [1.29, 1.82) is 0 Å². The number of aromatic nitrogens is 2. The monoisotopic (exact) mass is 285 g/mol. The average molecular weight is 285 g/mol. The Morgan fingerprint density at radius 2 is 2.00 bits per heavy atom. The first-order chi connectivity index (χ1) is 10.3. The summed E-state index contributed by atoms with van der Waals surface area (Å²) in [6.07, 6.45) is 8.45. The van der Waals surface area contributed by atoms with Crippen LogP contribution in [0.5, 0.6) is 0 Å². The Morgan fingerprint density at radius 3 is 2.71 bits per heavy atom. The molecule has 0 aliphatic rings. The molecule has 1 aromatic carbocycles. The van der Waals surface area contributed by atoms with Crippen molar-refractivity contribution < 1.29 is 0 Å². The van der Waals surface area contributed by atoms with Crippen molar-refractivity contribution in [3.63, 3.8) is 0 Å². The largest absolute Gasteiger partial charge is 0.335 e. The summed E-state index contributed by atoms with van der Waals surface area (Å²) in [5, 5.41) is 3.61. The van der Waals surface area contributed by atoms with E-state index in [-0.39, 0.29) is 0 Å². The Labute approximate surface area is 128 Å². The molecule has 0 fully saturated rings. The maximum absolute atomic E-state index is 4.53. The quantitative estimate of drug-likeness (QED) is 0.765. The highest BCUT2D eigenvalue weighted by molar-refractivity contribution is 5.15. The Bertz CT molecular complexity index is 504. The standard InChI is InChI=1S/C18H27N3/c1-3-13-21-14-12-20-18(21)15-17(19-4-2)11-10-16-8-6-5-7-9-16/h5-9,12,14,17,19H,3-4,10-11,13,15H2,1-2H3.